The van der Waals surface area contributed by atoms with Crippen LogP contribution in [0.4, 0.5) is 0 Å². The third kappa shape index (κ3) is 2.43. The summed E-state index contributed by atoms with van der Waals surface area (Å²) in [5.74, 6) is 2.66. The third-order valence-corrected chi connectivity index (χ3v) is 4.01. The van der Waals surface area contributed by atoms with Crippen molar-refractivity contribution >= 4 is 5.91 Å². The Hall–Kier alpha value is -2.54. The monoisotopic (exact) mass is 279 g/mol. The number of aromatic nitrogens is 2. The lowest BCUT2D eigenvalue weighted by molar-refractivity contribution is 0.0726. The Morgan fingerprint density at radius 1 is 1.38 bits per heavy atom. The Morgan fingerprint density at radius 2 is 2.14 bits per heavy atom. The lowest BCUT2D eigenvalue weighted by Crippen LogP contribution is -2.31. The van der Waals surface area contributed by atoms with Crippen molar-refractivity contribution in [1.82, 2.24) is 14.5 Å². The van der Waals surface area contributed by atoms with Gasteiger partial charge in [0.05, 0.1) is 18.6 Å². The molecule has 1 aliphatic rings. The average molecular weight is 279 g/mol. The van der Waals surface area contributed by atoms with E-state index in [-0.39, 0.29) is 11.9 Å². The number of benzene rings is 1. The van der Waals surface area contributed by atoms with Crippen molar-refractivity contribution < 1.29 is 4.79 Å². The fourth-order valence-electron chi connectivity index (χ4n) is 2.87. The van der Waals surface area contributed by atoms with Gasteiger partial charge < -0.3 is 9.47 Å². The molecule has 1 fully saturated rings. The van der Waals surface area contributed by atoms with Crippen LogP contribution in [0.1, 0.15) is 40.5 Å². The smallest absolute Gasteiger partial charge is 0.272 e. The van der Waals surface area contributed by atoms with Crippen LogP contribution in [0.15, 0.2) is 36.8 Å². The van der Waals surface area contributed by atoms with E-state index in [4.69, 9.17) is 6.42 Å². The Labute approximate surface area is 124 Å². The second-order valence-corrected chi connectivity index (χ2v) is 5.31. The average Bonchev–Trinajstić information content (AvgIpc) is 3.15. The van der Waals surface area contributed by atoms with Gasteiger partial charge in [0.2, 0.25) is 0 Å². The summed E-state index contributed by atoms with van der Waals surface area (Å²) in [4.78, 5) is 18.6. The zero-order chi connectivity index (χ0) is 14.8. The first kappa shape index (κ1) is 13.4. The minimum atomic E-state index is 0.0403. The molecule has 1 aliphatic heterocycles. The molecule has 4 heteroatoms. The minimum Gasteiger partial charge on any atom is -0.330 e. The molecule has 0 saturated carbocycles. The molecular weight excluding hydrogens is 262 g/mol. The van der Waals surface area contributed by atoms with Gasteiger partial charge in [-0.05, 0) is 30.5 Å². The molecule has 1 amide bonds. The van der Waals surface area contributed by atoms with Gasteiger partial charge in [0.15, 0.2) is 0 Å². The number of likely N-dealkylation sites (tertiary alicyclic amines) is 1. The Balaban J connectivity index is 1.87. The van der Waals surface area contributed by atoms with Crippen LogP contribution in [0.3, 0.4) is 0 Å². The summed E-state index contributed by atoms with van der Waals surface area (Å²) in [5, 5.41) is 0. The van der Waals surface area contributed by atoms with Gasteiger partial charge in [-0.25, -0.2) is 4.98 Å². The first-order valence-corrected chi connectivity index (χ1v) is 7.04. The Bertz CT molecular complexity index is 694. The van der Waals surface area contributed by atoms with Gasteiger partial charge in [0.1, 0.15) is 5.69 Å². The fraction of sp³-hybridized carbons (Fsp3) is 0.294. The number of rotatable bonds is 2. The highest BCUT2D eigenvalue weighted by atomic mass is 16.2. The van der Waals surface area contributed by atoms with Gasteiger partial charge in [-0.3, -0.25) is 4.79 Å². The second kappa shape index (κ2) is 5.45. The summed E-state index contributed by atoms with van der Waals surface area (Å²) in [6, 6.07) is 8.03. The van der Waals surface area contributed by atoms with E-state index >= 15 is 0 Å². The van der Waals surface area contributed by atoms with E-state index in [1.807, 2.05) is 36.2 Å². The van der Waals surface area contributed by atoms with Crippen molar-refractivity contribution in [1.29, 1.82) is 0 Å². The van der Waals surface area contributed by atoms with Gasteiger partial charge in [-0.15, -0.1) is 6.42 Å². The van der Waals surface area contributed by atoms with Crippen LogP contribution in [0.5, 0.6) is 0 Å². The summed E-state index contributed by atoms with van der Waals surface area (Å²) in [6.07, 6.45) is 10.7. The molecule has 4 nitrogen and oxygen atoms in total. The second-order valence-electron chi connectivity index (χ2n) is 5.31. The number of carbonyl (C=O) groups is 1. The number of amides is 1. The lowest BCUT2D eigenvalue weighted by Gasteiger charge is -2.25. The molecule has 0 aliphatic carbocycles. The van der Waals surface area contributed by atoms with Crippen molar-refractivity contribution in [3.05, 3.63) is 53.6 Å². The fourth-order valence-corrected chi connectivity index (χ4v) is 2.87. The van der Waals surface area contributed by atoms with E-state index in [9.17, 15) is 4.79 Å². The minimum absolute atomic E-state index is 0.0403. The van der Waals surface area contributed by atoms with E-state index in [0.717, 1.165) is 30.5 Å². The zero-order valence-electron chi connectivity index (χ0n) is 12.0. The predicted molar refractivity (Wildman–Crippen MR) is 80.6 cm³/mol. The predicted octanol–water partition coefficient (Wildman–Crippen LogP) is 2.38. The number of hydrogen-bond donors (Lipinski definition) is 0. The number of terminal acetylenes is 1. The highest BCUT2D eigenvalue weighted by Gasteiger charge is 2.31. The quantitative estimate of drug-likeness (QED) is 0.792. The number of imidazole rings is 1. The zero-order valence-corrected chi connectivity index (χ0v) is 12.0. The topological polar surface area (TPSA) is 38.1 Å². The molecule has 1 aromatic carbocycles. The maximum Gasteiger partial charge on any atom is 0.272 e. The highest BCUT2D eigenvalue weighted by molar-refractivity contribution is 5.92. The first-order valence-electron chi connectivity index (χ1n) is 7.04. The molecule has 0 bridgehead atoms. The molecule has 0 N–H and O–H groups in total. The standard InChI is InChI=1S/C17H17N3O/c1-3-13-6-8-14(9-7-13)15-5-4-10-20(15)17(21)16-11-18-12-19(16)2/h1,6-9,11-12,15H,4-5,10H2,2H3. The van der Waals surface area contributed by atoms with Crippen LogP contribution in [0.2, 0.25) is 0 Å². The molecule has 2 aromatic rings. The Kier molecular flexibility index (Phi) is 3.49. The highest BCUT2D eigenvalue weighted by Crippen LogP contribution is 2.33. The van der Waals surface area contributed by atoms with Gasteiger partial charge in [-0.2, -0.15) is 0 Å². The summed E-state index contributed by atoms with van der Waals surface area (Å²) in [5.41, 5.74) is 2.63. The molecule has 1 unspecified atom stereocenters. The van der Waals surface area contributed by atoms with Gasteiger partial charge in [0, 0.05) is 19.2 Å². The van der Waals surface area contributed by atoms with Crippen LogP contribution < -0.4 is 0 Å². The number of aryl methyl sites for hydroxylation is 1. The molecule has 0 spiro atoms. The molecule has 1 atom stereocenters. The van der Waals surface area contributed by atoms with Crippen LogP contribution in [0.25, 0.3) is 0 Å². The van der Waals surface area contributed by atoms with E-state index < -0.39 is 0 Å². The van der Waals surface area contributed by atoms with Gasteiger partial charge >= 0.3 is 0 Å². The number of nitrogens with zero attached hydrogens (tertiary/aromatic N) is 3. The maximum absolute atomic E-state index is 12.7. The van der Waals surface area contributed by atoms with Gasteiger partial charge in [0.25, 0.3) is 5.91 Å². The van der Waals surface area contributed by atoms with Crippen molar-refractivity contribution in [2.45, 2.75) is 18.9 Å². The van der Waals surface area contributed by atoms with Gasteiger partial charge in [-0.1, -0.05) is 18.1 Å². The van der Waals surface area contributed by atoms with E-state index in [0.29, 0.717) is 5.69 Å². The van der Waals surface area contributed by atoms with E-state index in [1.165, 1.54) is 0 Å². The van der Waals surface area contributed by atoms with E-state index in [1.54, 1.807) is 17.1 Å². The van der Waals surface area contributed by atoms with Crippen LogP contribution in [-0.2, 0) is 7.05 Å². The summed E-state index contributed by atoms with van der Waals surface area (Å²) < 4.78 is 1.76. The summed E-state index contributed by atoms with van der Waals surface area (Å²) >= 11 is 0. The maximum atomic E-state index is 12.7. The molecule has 2 heterocycles. The molecule has 0 radical (unpaired) electrons. The summed E-state index contributed by atoms with van der Waals surface area (Å²) in [6.45, 7) is 0.783. The van der Waals surface area contributed by atoms with Crippen LogP contribution in [0, 0.1) is 12.3 Å². The van der Waals surface area contributed by atoms with Crippen molar-refractivity contribution in [2.75, 3.05) is 6.54 Å². The number of hydrogen-bond acceptors (Lipinski definition) is 2. The van der Waals surface area contributed by atoms with E-state index in [2.05, 4.69) is 10.9 Å². The molecule has 106 valence electrons. The summed E-state index contributed by atoms with van der Waals surface area (Å²) in [7, 11) is 1.84. The first-order chi connectivity index (χ1) is 10.2. The van der Waals surface area contributed by atoms with Crippen LogP contribution >= 0.6 is 0 Å². The third-order valence-electron chi connectivity index (χ3n) is 4.01. The van der Waals surface area contributed by atoms with Crippen molar-refractivity contribution in [3.8, 4) is 12.3 Å². The molecular formula is C17H17N3O. The molecule has 21 heavy (non-hydrogen) atoms. The SMILES string of the molecule is C#Cc1ccc(C2CCCN2C(=O)c2cncn2C)cc1. The van der Waals surface area contributed by atoms with Crippen molar-refractivity contribution in [3.63, 3.8) is 0 Å². The van der Waals surface area contributed by atoms with Crippen LogP contribution in [-0.4, -0.2) is 26.9 Å². The van der Waals surface area contributed by atoms with Crippen molar-refractivity contribution in [2.24, 2.45) is 7.05 Å². The molecule has 1 saturated heterocycles. The molecule has 3 rings (SSSR count). The largest absolute Gasteiger partial charge is 0.330 e. The lowest BCUT2D eigenvalue weighted by atomic mass is 10.0. The number of carbonyl (C=O) groups excluding carboxylic acids is 1. The normalized spacial score (nSPS) is 17.7. The molecule has 1 aromatic heterocycles. The Morgan fingerprint density at radius 3 is 2.76 bits per heavy atom.